The molecule has 92 valence electrons. The quantitative estimate of drug-likeness (QED) is 0.462. The second-order valence-electron chi connectivity index (χ2n) is 3.94. The highest BCUT2D eigenvalue weighted by atomic mass is 16.3. The largest absolute Gasteiger partial charge is 0.390 e. The normalized spacial score (nSPS) is 13.9. The van der Waals surface area contributed by atoms with Crippen LogP contribution in [-0.2, 0) is 0 Å². The molecule has 2 N–H and O–H groups in total. The van der Waals surface area contributed by atoms with Crippen LogP contribution in [0.2, 0.25) is 0 Å². The lowest BCUT2D eigenvalue weighted by molar-refractivity contribution is 0.0149. The molecule has 0 bridgehead atoms. The summed E-state index contributed by atoms with van der Waals surface area (Å²) >= 11 is 0. The van der Waals surface area contributed by atoms with Crippen molar-refractivity contribution >= 4 is 0 Å². The van der Waals surface area contributed by atoms with Crippen LogP contribution in [0.25, 0.3) is 10.4 Å². The molecular weight excluding hydrogens is 220 g/mol. The molecule has 0 spiro atoms. The fourth-order valence-corrected chi connectivity index (χ4v) is 1.65. The second-order valence-corrected chi connectivity index (χ2v) is 3.94. The summed E-state index contributed by atoms with van der Waals surface area (Å²) in [7, 11) is 0. The molecular formula is C11H16N4O2. The van der Waals surface area contributed by atoms with Gasteiger partial charge in [0.05, 0.1) is 6.10 Å². The maximum absolute atomic E-state index is 9.92. The molecule has 1 rings (SSSR count). The van der Waals surface area contributed by atoms with E-state index in [1.807, 2.05) is 13.8 Å². The van der Waals surface area contributed by atoms with Gasteiger partial charge in [-0.05, 0) is 43.5 Å². The smallest absolute Gasteiger partial charge is 0.105 e. The first-order chi connectivity index (χ1) is 8.04. The predicted octanol–water partition coefficient (Wildman–Crippen LogP) is 1.79. The summed E-state index contributed by atoms with van der Waals surface area (Å²) in [6.07, 6.45) is -1.70. The van der Waals surface area contributed by atoms with Crippen molar-refractivity contribution in [1.29, 1.82) is 0 Å². The molecule has 0 aliphatic rings. The third kappa shape index (κ3) is 4.03. The highest BCUT2D eigenvalue weighted by molar-refractivity contribution is 5.23. The maximum atomic E-state index is 9.92. The van der Waals surface area contributed by atoms with E-state index in [0.717, 1.165) is 11.4 Å². The SMILES string of the molecule is Cc1cc(C(O)C(O)CCN=[N+]=[N-])cc(C)n1. The lowest BCUT2D eigenvalue weighted by Crippen LogP contribution is -2.19. The zero-order valence-electron chi connectivity index (χ0n) is 9.91. The van der Waals surface area contributed by atoms with Crippen molar-refractivity contribution in [3.63, 3.8) is 0 Å². The van der Waals surface area contributed by atoms with E-state index in [0.29, 0.717) is 5.56 Å². The van der Waals surface area contributed by atoms with Gasteiger partial charge in [0.2, 0.25) is 0 Å². The molecule has 0 radical (unpaired) electrons. The Morgan fingerprint density at radius 2 is 1.94 bits per heavy atom. The fourth-order valence-electron chi connectivity index (χ4n) is 1.65. The lowest BCUT2D eigenvalue weighted by atomic mass is 10.0. The molecule has 1 aromatic rings. The molecule has 0 amide bonds. The number of hydrogen-bond acceptors (Lipinski definition) is 4. The van der Waals surface area contributed by atoms with Crippen molar-refractivity contribution < 1.29 is 10.2 Å². The molecule has 0 aliphatic heterocycles. The Kier molecular flexibility index (Phi) is 4.90. The van der Waals surface area contributed by atoms with Crippen molar-refractivity contribution in [2.75, 3.05) is 6.54 Å². The average Bonchev–Trinajstić information content (AvgIpc) is 2.27. The van der Waals surface area contributed by atoms with Gasteiger partial charge < -0.3 is 10.2 Å². The van der Waals surface area contributed by atoms with E-state index in [2.05, 4.69) is 15.0 Å². The summed E-state index contributed by atoms with van der Waals surface area (Å²) in [5, 5.41) is 23.0. The van der Waals surface area contributed by atoms with Crippen molar-refractivity contribution in [1.82, 2.24) is 4.98 Å². The first kappa shape index (κ1) is 13.4. The molecule has 1 aromatic heterocycles. The third-order valence-electron chi connectivity index (χ3n) is 2.40. The number of azide groups is 1. The molecule has 0 fully saturated rings. The van der Waals surface area contributed by atoms with E-state index >= 15 is 0 Å². The summed E-state index contributed by atoms with van der Waals surface area (Å²) < 4.78 is 0. The van der Waals surface area contributed by atoms with Gasteiger partial charge in [-0.15, -0.1) is 0 Å². The molecule has 0 saturated carbocycles. The van der Waals surface area contributed by atoms with Crippen molar-refractivity contribution in [2.24, 2.45) is 5.11 Å². The van der Waals surface area contributed by atoms with Crippen LogP contribution in [0.1, 0.15) is 29.5 Å². The zero-order chi connectivity index (χ0) is 12.8. The molecule has 0 aliphatic carbocycles. The summed E-state index contributed by atoms with van der Waals surface area (Å²) in [5.41, 5.74) is 10.3. The summed E-state index contributed by atoms with van der Waals surface area (Å²) in [5.74, 6) is 0. The van der Waals surface area contributed by atoms with E-state index in [1.165, 1.54) is 0 Å². The van der Waals surface area contributed by atoms with Crippen LogP contribution in [0.3, 0.4) is 0 Å². The Morgan fingerprint density at radius 3 is 2.47 bits per heavy atom. The Morgan fingerprint density at radius 1 is 1.35 bits per heavy atom. The summed E-state index contributed by atoms with van der Waals surface area (Å²) in [6.45, 7) is 3.82. The minimum Gasteiger partial charge on any atom is -0.390 e. The number of pyridine rings is 1. The Bertz CT molecular complexity index is 409. The predicted molar refractivity (Wildman–Crippen MR) is 63.3 cm³/mol. The second kappa shape index (κ2) is 6.20. The van der Waals surface area contributed by atoms with Crippen molar-refractivity contribution in [2.45, 2.75) is 32.5 Å². The van der Waals surface area contributed by atoms with Crippen molar-refractivity contribution in [3.05, 3.63) is 39.5 Å². The minimum absolute atomic E-state index is 0.164. The molecule has 1 heterocycles. The Labute approximate surface area is 99.6 Å². The number of aliphatic hydroxyl groups is 2. The molecule has 17 heavy (non-hydrogen) atoms. The topological polar surface area (TPSA) is 102 Å². The third-order valence-corrected chi connectivity index (χ3v) is 2.40. The molecule has 0 aromatic carbocycles. The van der Waals surface area contributed by atoms with Crippen molar-refractivity contribution in [3.8, 4) is 0 Å². The average molecular weight is 236 g/mol. The van der Waals surface area contributed by atoms with Crippen LogP contribution in [0.15, 0.2) is 17.2 Å². The van der Waals surface area contributed by atoms with Crippen LogP contribution < -0.4 is 0 Å². The lowest BCUT2D eigenvalue weighted by Gasteiger charge is -2.18. The molecule has 6 heteroatoms. The number of nitrogens with zero attached hydrogens (tertiary/aromatic N) is 4. The number of rotatable bonds is 5. The van der Waals surface area contributed by atoms with Crippen LogP contribution in [0.4, 0.5) is 0 Å². The summed E-state index contributed by atoms with van der Waals surface area (Å²) in [4.78, 5) is 6.78. The van der Waals surface area contributed by atoms with Gasteiger partial charge >= 0.3 is 0 Å². The van der Waals surface area contributed by atoms with E-state index in [-0.39, 0.29) is 13.0 Å². The van der Waals surface area contributed by atoms with Gasteiger partial charge in [0, 0.05) is 22.8 Å². The fraction of sp³-hybridized carbons (Fsp3) is 0.545. The van der Waals surface area contributed by atoms with Crippen LogP contribution in [-0.4, -0.2) is 27.8 Å². The van der Waals surface area contributed by atoms with Gasteiger partial charge in [0.1, 0.15) is 6.10 Å². The van der Waals surface area contributed by atoms with Gasteiger partial charge in [0.15, 0.2) is 0 Å². The maximum Gasteiger partial charge on any atom is 0.105 e. The minimum atomic E-state index is -0.982. The monoisotopic (exact) mass is 236 g/mol. The van der Waals surface area contributed by atoms with Crippen LogP contribution in [0, 0.1) is 13.8 Å². The van der Waals surface area contributed by atoms with E-state index in [9.17, 15) is 10.2 Å². The standard InChI is InChI=1S/C11H16N4O2/c1-7-5-9(6-8(2)14-7)11(17)10(16)3-4-13-15-12/h5-6,10-11,16-17H,3-4H2,1-2H3. The first-order valence-electron chi connectivity index (χ1n) is 5.36. The highest BCUT2D eigenvalue weighted by Gasteiger charge is 2.18. The number of aliphatic hydroxyl groups excluding tert-OH is 2. The number of aryl methyl sites for hydroxylation is 2. The zero-order valence-corrected chi connectivity index (χ0v) is 9.91. The molecule has 2 atom stereocenters. The van der Waals surface area contributed by atoms with Gasteiger partial charge in [-0.25, -0.2) is 0 Å². The molecule has 6 nitrogen and oxygen atoms in total. The van der Waals surface area contributed by atoms with Gasteiger partial charge in [-0.2, -0.15) is 0 Å². The first-order valence-corrected chi connectivity index (χ1v) is 5.36. The van der Waals surface area contributed by atoms with Crippen LogP contribution in [0.5, 0.6) is 0 Å². The van der Waals surface area contributed by atoms with E-state index < -0.39 is 12.2 Å². The Balaban J connectivity index is 2.73. The number of hydrogen-bond donors (Lipinski definition) is 2. The van der Waals surface area contributed by atoms with E-state index in [1.54, 1.807) is 12.1 Å². The Hall–Kier alpha value is -1.62. The molecule has 2 unspecified atom stereocenters. The summed E-state index contributed by atoms with van der Waals surface area (Å²) in [6, 6.07) is 3.46. The van der Waals surface area contributed by atoms with E-state index in [4.69, 9.17) is 5.53 Å². The highest BCUT2D eigenvalue weighted by Crippen LogP contribution is 2.20. The van der Waals surface area contributed by atoms with Crippen LogP contribution >= 0.6 is 0 Å². The van der Waals surface area contributed by atoms with Gasteiger partial charge in [-0.3, -0.25) is 4.98 Å². The number of aromatic nitrogens is 1. The molecule has 0 saturated heterocycles. The van der Waals surface area contributed by atoms with Gasteiger partial charge in [-0.1, -0.05) is 5.11 Å². The van der Waals surface area contributed by atoms with Gasteiger partial charge in [0.25, 0.3) is 0 Å².